The van der Waals surface area contributed by atoms with Crippen LogP contribution in [0, 0.1) is 6.92 Å². The van der Waals surface area contributed by atoms with Crippen LogP contribution in [0.25, 0.3) is 16.6 Å². The molecule has 10 heteroatoms. The van der Waals surface area contributed by atoms with Crippen LogP contribution in [0.15, 0.2) is 42.6 Å². The number of fused-ring (bicyclic) bond motifs is 1. The second-order valence-corrected chi connectivity index (χ2v) is 12.2. The third-order valence-corrected chi connectivity index (χ3v) is 9.03. The smallest absolute Gasteiger partial charge is 0.251 e. The number of amides is 1. The number of nitrogens with one attached hydrogen (secondary N) is 1. The predicted molar refractivity (Wildman–Crippen MR) is 138 cm³/mol. The molecule has 190 valence electrons. The van der Waals surface area contributed by atoms with Gasteiger partial charge < -0.3 is 15.0 Å². The highest BCUT2D eigenvalue weighted by molar-refractivity contribution is 7.88. The number of hydrogen-bond donors (Lipinski definition) is 1. The van der Waals surface area contributed by atoms with E-state index in [0.717, 1.165) is 47.1 Å². The first-order valence-electron chi connectivity index (χ1n) is 12.4. The Morgan fingerprint density at radius 2 is 2.03 bits per heavy atom. The standard InChI is InChI=1S/C26H31N5O4S/c1-18-12-24-20(14-23(18)29-9-10-30(36(2,33)34)26(17-29)7-8-26)15-27-31(24)22-5-3-4-19(13-22)25(32)28-21-6-11-35-16-21/h3-5,12-15,21H,6-11,16-17H2,1-2H3,(H,28,32). The molecular weight excluding hydrogens is 478 g/mol. The SMILES string of the molecule is Cc1cc2c(cnn2-c2cccc(C(=O)NC3CCOC3)c2)cc1N1CCN(S(C)(=O)=O)C2(CC2)C1. The zero-order valence-electron chi connectivity index (χ0n) is 20.6. The number of anilines is 1. The highest BCUT2D eigenvalue weighted by Crippen LogP contribution is 2.46. The summed E-state index contributed by atoms with van der Waals surface area (Å²) >= 11 is 0. The normalized spacial score (nSPS) is 21.8. The van der Waals surface area contributed by atoms with Gasteiger partial charge in [-0.25, -0.2) is 13.1 Å². The molecule has 1 N–H and O–H groups in total. The summed E-state index contributed by atoms with van der Waals surface area (Å²) < 4.78 is 33.5. The molecule has 1 unspecified atom stereocenters. The zero-order valence-corrected chi connectivity index (χ0v) is 21.4. The lowest BCUT2D eigenvalue weighted by atomic mass is 10.1. The number of aryl methyl sites for hydroxylation is 1. The van der Waals surface area contributed by atoms with Gasteiger partial charge in [-0.05, 0) is 62.1 Å². The van der Waals surface area contributed by atoms with E-state index in [0.29, 0.717) is 38.4 Å². The number of carbonyl (C=O) groups excluding carboxylic acids is 1. The molecular formula is C26H31N5O4S. The summed E-state index contributed by atoms with van der Waals surface area (Å²) in [5, 5.41) is 8.69. The number of carbonyl (C=O) groups is 1. The average molecular weight is 510 g/mol. The van der Waals surface area contributed by atoms with Crippen molar-refractivity contribution >= 4 is 32.5 Å². The van der Waals surface area contributed by atoms with E-state index in [2.05, 4.69) is 34.4 Å². The van der Waals surface area contributed by atoms with Gasteiger partial charge in [-0.3, -0.25) is 4.79 Å². The van der Waals surface area contributed by atoms with Crippen molar-refractivity contribution in [3.63, 3.8) is 0 Å². The van der Waals surface area contributed by atoms with Crippen LogP contribution in [0.5, 0.6) is 0 Å². The molecule has 3 fully saturated rings. The largest absolute Gasteiger partial charge is 0.379 e. The van der Waals surface area contributed by atoms with Gasteiger partial charge in [-0.15, -0.1) is 0 Å². The van der Waals surface area contributed by atoms with Crippen molar-refractivity contribution in [2.24, 2.45) is 0 Å². The number of nitrogens with zero attached hydrogens (tertiary/aromatic N) is 4. The average Bonchev–Trinajstić information content (AvgIpc) is 3.22. The molecule has 1 aromatic heterocycles. The summed E-state index contributed by atoms with van der Waals surface area (Å²) in [7, 11) is -3.21. The number of sulfonamides is 1. The van der Waals surface area contributed by atoms with Gasteiger partial charge in [0.15, 0.2) is 0 Å². The van der Waals surface area contributed by atoms with Crippen molar-refractivity contribution in [1.82, 2.24) is 19.4 Å². The number of ether oxygens (including phenoxy) is 1. The summed E-state index contributed by atoms with van der Waals surface area (Å²) in [4.78, 5) is 15.1. The molecule has 1 aliphatic carbocycles. The Morgan fingerprint density at radius 1 is 1.19 bits per heavy atom. The highest BCUT2D eigenvalue weighted by atomic mass is 32.2. The second kappa shape index (κ2) is 8.57. The van der Waals surface area contributed by atoms with E-state index >= 15 is 0 Å². The fourth-order valence-corrected chi connectivity index (χ4v) is 7.00. The molecule has 3 heterocycles. The summed E-state index contributed by atoms with van der Waals surface area (Å²) in [5.41, 5.74) is 4.36. The Labute approximate surface area is 211 Å². The Bertz CT molecular complexity index is 1440. The number of piperazine rings is 1. The summed E-state index contributed by atoms with van der Waals surface area (Å²) in [6.07, 6.45) is 5.82. The first kappa shape index (κ1) is 23.4. The molecule has 1 atom stereocenters. The van der Waals surface area contributed by atoms with Gasteiger partial charge in [-0.1, -0.05) is 6.07 Å². The van der Waals surface area contributed by atoms with E-state index in [1.807, 2.05) is 35.1 Å². The van der Waals surface area contributed by atoms with Crippen molar-refractivity contribution in [2.45, 2.75) is 37.8 Å². The molecule has 3 aliphatic rings. The first-order chi connectivity index (χ1) is 17.2. The van der Waals surface area contributed by atoms with Crippen LogP contribution in [-0.4, -0.2) is 79.1 Å². The Hall–Kier alpha value is -2.95. The molecule has 36 heavy (non-hydrogen) atoms. The summed E-state index contributed by atoms with van der Waals surface area (Å²) in [5.74, 6) is -0.107. The summed E-state index contributed by atoms with van der Waals surface area (Å²) in [6.45, 7) is 5.21. The predicted octanol–water partition coefficient (Wildman–Crippen LogP) is 2.47. The topological polar surface area (TPSA) is 96.8 Å². The highest BCUT2D eigenvalue weighted by Gasteiger charge is 2.54. The maximum atomic E-state index is 12.8. The first-order valence-corrected chi connectivity index (χ1v) is 14.3. The zero-order chi connectivity index (χ0) is 25.1. The molecule has 0 bridgehead atoms. The molecule has 2 saturated heterocycles. The van der Waals surface area contributed by atoms with Crippen molar-refractivity contribution in [3.8, 4) is 5.69 Å². The van der Waals surface area contributed by atoms with Crippen LogP contribution in [-0.2, 0) is 14.8 Å². The van der Waals surface area contributed by atoms with Crippen LogP contribution in [0.4, 0.5) is 5.69 Å². The molecule has 1 saturated carbocycles. The van der Waals surface area contributed by atoms with Gasteiger partial charge in [0, 0.05) is 42.9 Å². The molecule has 1 amide bonds. The molecule has 6 rings (SSSR count). The molecule has 3 aromatic rings. The van der Waals surface area contributed by atoms with Crippen LogP contribution >= 0.6 is 0 Å². The molecule has 2 aliphatic heterocycles. The van der Waals surface area contributed by atoms with Gasteiger partial charge in [0.05, 0.1) is 41.8 Å². The molecule has 2 aromatic carbocycles. The van der Waals surface area contributed by atoms with E-state index in [9.17, 15) is 13.2 Å². The minimum atomic E-state index is -3.21. The van der Waals surface area contributed by atoms with Crippen LogP contribution in [0.1, 0.15) is 35.2 Å². The Balaban J connectivity index is 1.27. The van der Waals surface area contributed by atoms with E-state index in [1.54, 1.807) is 4.31 Å². The van der Waals surface area contributed by atoms with Gasteiger partial charge in [0.2, 0.25) is 10.0 Å². The fraction of sp³-hybridized carbons (Fsp3) is 0.462. The Morgan fingerprint density at radius 3 is 2.75 bits per heavy atom. The lowest BCUT2D eigenvalue weighted by Crippen LogP contribution is -2.56. The summed E-state index contributed by atoms with van der Waals surface area (Å²) in [6, 6.07) is 11.8. The fourth-order valence-electron chi connectivity index (χ4n) is 5.65. The van der Waals surface area contributed by atoms with Crippen molar-refractivity contribution in [2.75, 3.05) is 44.0 Å². The van der Waals surface area contributed by atoms with Gasteiger partial charge in [0.1, 0.15) is 0 Å². The quantitative estimate of drug-likeness (QED) is 0.568. The van der Waals surface area contributed by atoms with Crippen LogP contribution in [0.3, 0.4) is 0 Å². The van der Waals surface area contributed by atoms with Crippen molar-refractivity contribution in [1.29, 1.82) is 0 Å². The molecule has 0 radical (unpaired) electrons. The number of aromatic nitrogens is 2. The van der Waals surface area contributed by atoms with Crippen molar-refractivity contribution in [3.05, 3.63) is 53.7 Å². The maximum Gasteiger partial charge on any atom is 0.251 e. The second-order valence-electron chi connectivity index (χ2n) is 10.3. The number of hydrogen-bond acceptors (Lipinski definition) is 6. The lowest BCUT2D eigenvalue weighted by Gasteiger charge is -2.42. The molecule has 1 spiro atoms. The maximum absolute atomic E-state index is 12.8. The van der Waals surface area contributed by atoms with E-state index in [1.165, 1.54) is 6.26 Å². The van der Waals surface area contributed by atoms with Gasteiger partial charge in [0.25, 0.3) is 5.91 Å². The minimum Gasteiger partial charge on any atom is -0.379 e. The van der Waals surface area contributed by atoms with Crippen molar-refractivity contribution < 1.29 is 17.9 Å². The monoisotopic (exact) mass is 509 g/mol. The lowest BCUT2D eigenvalue weighted by molar-refractivity contribution is 0.0930. The van der Waals surface area contributed by atoms with Crippen LogP contribution in [0.2, 0.25) is 0 Å². The number of rotatable bonds is 5. The van der Waals surface area contributed by atoms with Crippen LogP contribution < -0.4 is 10.2 Å². The minimum absolute atomic E-state index is 0.0573. The third kappa shape index (κ3) is 4.16. The van der Waals surface area contributed by atoms with E-state index in [-0.39, 0.29) is 17.5 Å². The third-order valence-electron chi connectivity index (χ3n) is 7.66. The molecule has 9 nitrogen and oxygen atoms in total. The number of benzene rings is 2. The van der Waals surface area contributed by atoms with E-state index < -0.39 is 10.0 Å². The Kier molecular flexibility index (Phi) is 5.58. The van der Waals surface area contributed by atoms with E-state index in [4.69, 9.17) is 4.74 Å². The van der Waals surface area contributed by atoms with Gasteiger partial charge in [-0.2, -0.15) is 9.40 Å². The van der Waals surface area contributed by atoms with Gasteiger partial charge >= 0.3 is 0 Å².